The number of carbonyl (C=O) groups is 1. The second kappa shape index (κ2) is 5.36. The molecule has 15 heavy (non-hydrogen) atoms. The van der Waals surface area contributed by atoms with E-state index in [1.165, 1.54) is 6.07 Å². The number of halogens is 1. The Hall–Kier alpha value is -1.55. The highest BCUT2D eigenvalue weighted by Gasteiger charge is 2.10. The molecule has 0 unspecified atom stereocenters. The molecule has 80 valence electrons. The zero-order valence-electron chi connectivity index (χ0n) is 8.03. The van der Waals surface area contributed by atoms with Gasteiger partial charge in [-0.15, -0.1) is 6.58 Å². The van der Waals surface area contributed by atoms with Gasteiger partial charge in [-0.1, -0.05) is 17.7 Å². The van der Waals surface area contributed by atoms with E-state index in [-0.39, 0.29) is 10.7 Å². The first-order valence-electron chi connectivity index (χ1n) is 4.39. The fourth-order valence-electron chi connectivity index (χ4n) is 0.993. The summed E-state index contributed by atoms with van der Waals surface area (Å²) in [4.78, 5) is 14.6. The Kier molecular flexibility index (Phi) is 4.12. The Bertz CT molecular complexity index is 380. The molecule has 0 atom stereocenters. The molecule has 0 radical (unpaired) electrons. The highest BCUT2D eigenvalue weighted by molar-refractivity contribution is 6.33. The lowest BCUT2D eigenvalue weighted by Gasteiger charge is -2.05. The van der Waals surface area contributed by atoms with Crippen molar-refractivity contribution in [1.29, 1.82) is 0 Å². The first-order valence-corrected chi connectivity index (χ1v) is 4.77. The normalized spacial score (nSPS) is 9.67. The maximum atomic E-state index is 10.7. The Labute approximate surface area is 92.6 Å². The lowest BCUT2D eigenvalue weighted by molar-refractivity contribution is 0.0691. The molecule has 1 rings (SSSR count). The van der Waals surface area contributed by atoms with E-state index in [0.717, 1.165) is 6.42 Å². The molecular formula is C10H11ClN2O2. The maximum absolute atomic E-state index is 10.7. The molecule has 0 aliphatic heterocycles. The standard InChI is InChI=1S/C10H11ClN2O2/c1-2-3-6-12-8-5-4-7(11)9(13-8)10(14)15/h2,4-5H,1,3,6H2,(H,12,13)(H,14,15). The molecule has 0 spiro atoms. The lowest BCUT2D eigenvalue weighted by Crippen LogP contribution is -2.07. The minimum atomic E-state index is -1.13. The third-order valence-corrected chi connectivity index (χ3v) is 2.01. The van der Waals surface area contributed by atoms with Crippen molar-refractivity contribution in [3.63, 3.8) is 0 Å². The Morgan fingerprint density at radius 2 is 2.40 bits per heavy atom. The van der Waals surface area contributed by atoms with Crippen molar-refractivity contribution >= 4 is 23.4 Å². The van der Waals surface area contributed by atoms with Crippen molar-refractivity contribution in [1.82, 2.24) is 4.98 Å². The van der Waals surface area contributed by atoms with E-state index in [2.05, 4.69) is 16.9 Å². The third-order valence-electron chi connectivity index (χ3n) is 1.70. The summed E-state index contributed by atoms with van der Waals surface area (Å²) in [5.41, 5.74) is -0.139. The average molecular weight is 227 g/mol. The summed E-state index contributed by atoms with van der Waals surface area (Å²) in [6.07, 6.45) is 2.55. The molecule has 5 heteroatoms. The predicted molar refractivity (Wildman–Crippen MR) is 59.5 cm³/mol. The summed E-state index contributed by atoms with van der Waals surface area (Å²) in [5.74, 6) is -0.633. The van der Waals surface area contributed by atoms with Gasteiger partial charge < -0.3 is 10.4 Å². The van der Waals surface area contributed by atoms with Gasteiger partial charge in [0.1, 0.15) is 5.82 Å². The predicted octanol–water partition coefficient (Wildman–Crippen LogP) is 2.42. The van der Waals surface area contributed by atoms with Crippen molar-refractivity contribution in [3.8, 4) is 0 Å². The lowest BCUT2D eigenvalue weighted by atomic mass is 10.3. The van der Waals surface area contributed by atoms with Gasteiger partial charge >= 0.3 is 5.97 Å². The molecule has 4 nitrogen and oxygen atoms in total. The molecular weight excluding hydrogens is 216 g/mol. The van der Waals surface area contributed by atoms with Gasteiger partial charge in [0.05, 0.1) is 5.02 Å². The van der Waals surface area contributed by atoms with E-state index in [4.69, 9.17) is 16.7 Å². The van der Waals surface area contributed by atoms with E-state index in [1.807, 2.05) is 0 Å². The number of nitrogens with one attached hydrogen (secondary N) is 1. The smallest absolute Gasteiger partial charge is 0.356 e. The van der Waals surface area contributed by atoms with Gasteiger partial charge in [-0.2, -0.15) is 0 Å². The van der Waals surface area contributed by atoms with E-state index < -0.39 is 5.97 Å². The third kappa shape index (κ3) is 3.25. The van der Waals surface area contributed by atoms with Crippen LogP contribution in [0.5, 0.6) is 0 Å². The Morgan fingerprint density at radius 1 is 1.67 bits per heavy atom. The molecule has 0 aromatic carbocycles. The maximum Gasteiger partial charge on any atom is 0.356 e. The largest absolute Gasteiger partial charge is 0.476 e. The summed E-state index contributed by atoms with van der Waals surface area (Å²) >= 11 is 5.67. The van der Waals surface area contributed by atoms with Gasteiger partial charge in [0.15, 0.2) is 5.69 Å². The number of carboxylic acid groups (broad SMARTS) is 1. The topological polar surface area (TPSA) is 62.2 Å². The van der Waals surface area contributed by atoms with Crippen LogP contribution >= 0.6 is 11.6 Å². The first-order chi connectivity index (χ1) is 7.15. The van der Waals surface area contributed by atoms with E-state index in [9.17, 15) is 4.79 Å². The average Bonchev–Trinajstić information content (AvgIpc) is 2.20. The zero-order valence-corrected chi connectivity index (χ0v) is 8.79. The number of aromatic nitrogens is 1. The van der Waals surface area contributed by atoms with Crippen LogP contribution in [-0.4, -0.2) is 22.6 Å². The zero-order chi connectivity index (χ0) is 11.3. The number of carboxylic acids is 1. The number of anilines is 1. The van der Waals surface area contributed by atoms with Gasteiger partial charge in [0.25, 0.3) is 0 Å². The fraction of sp³-hybridized carbons (Fsp3) is 0.200. The molecule has 2 N–H and O–H groups in total. The SMILES string of the molecule is C=CCCNc1ccc(Cl)c(C(=O)O)n1. The molecule has 0 aliphatic carbocycles. The molecule has 0 saturated carbocycles. The monoisotopic (exact) mass is 226 g/mol. The summed E-state index contributed by atoms with van der Waals surface area (Å²) in [6.45, 7) is 4.24. The molecule has 1 aromatic heterocycles. The van der Waals surface area contributed by atoms with Gasteiger partial charge in [0.2, 0.25) is 0 Å². The Balaban J connectivity index is 2.78. The Morgan fingerprint density at radius 3 is 3.00 bits per heavy atom. The molecule has 0 bridgehead atoms. The number of pyridine rings is 1. The number of rotatable bonds is 5. The summed E-state index contributed by atoms with van der Waals surface area (Å²) in [7, 11) is 0. The van der Waals surface area contributed by atoms with Crippen LogP contribution in [0.3, 0.4) is 0 Å². The van der Waals surface area contributed by atoms with Gasteiger partial charge in [-0.3, -0.25) is 0 Å². The van der Waals surface area contributed by atoms with Crippen LogP contribution in [0.2, 0.25) is 5.02 Å². The molecule has 0 aliphatic rings. The van der Waals surface area contributed by atoms with Crippen LogP contribution in [0.25, 0.3) is 0 Å². The molecule has 0 amide bonds. The number of hydrogen-bond donors (Lipinski definition) is 2. The number of aromatic carboxylic acids is 1. The van der Waals surface area contributed by atoms with Crippen molar-refractivity contribution in [3.05, 3.63) is 35.5 Å². The van der Waals surface area contributed by atoms with Crippen LogP contribution in [0, 0.1) is 0 Å². The molecule has 1 aromatic rings. The van der Waals surface area contributed by atoms with Crippen LogP contribution in [0.4, 0.5) is 5.82 Å². The van der Waals surface area contributed by atoms with E-state index in [0.29, 0.717) is 12.4 Å². The number of hydrogen-bond acceptors (Lipinski definition) is 3. The minimum Gasteiger partial charge on any atom is -0.476 e. The van der Waals surface area contributed by atoms with Crippen molar-refractivity contribution in [2.75, 3.05) is 11.9 Å². The molecule has 0 fully saturated rings. The second-order valence-corrected chi connectivity index (χ2v) is 3.24. The highest BCUT2D eigenvalue weighted by atomic mass is 35.5. The highest BCUT2D eigenvalue weighted by Crippen LogP contribution is 2.16. The second-order valence-electron chi connectivity index (χ2n) is 2.84. The van der Waals surface area contributed by atoms with Gasteiger partial charge in [-0.05, 0) is 18.6 Å². The van der Waals surface area contributed by atoms with Crippen molar-refractivity contribution < 1.29 is 9.90 Å². The summed E-state index contributed by atoms with van der Waals surface area (Å²) in [6, 6.07) is 3.14. The quantitative estimate of drug-likeness (QED) is 0.598. The van der Waals surface area contributed by atoms with Gasteiger partial charge in [-0.25, -0.2) is 9.78 Å². The summed E-state index contributed by atoms with van der Waals surface area (Å²) < 4.78 is 0. The number of nitrogens with zero attached hydrogens (tertiary/aromatic N) is 1. The van der Waals surface area contributed by atoms with Crippen LogP contribution in [0.1, 0.15) is 16.9 Å². The minimum absolute atomic E-state index is 0.136. The van der Waals surface area contributed by atoms with Crippen molar-refractivity contribution in [2.45, 2.75) is 6.42 Å². The van der Waals surface area contributed by atoms with Crippen molar-refractivity contribution in [2.24, 2.45) is 0 Å². The fourth-order valence-corrected chi connectivity index (χ4v) is 1.18. The first kappa shape index (κ1) is 11.5. The molecule has 0 saturated heterocycles. The van der Waals surface area contributed by atoms with Gasteiger partial charge in [0, 0.05) is 6.54 Å². The van der Waals surface area contributed by atoms with Crippen LogP contribution in [-0.2, 0) is 0 Å². The summed E-state index contributed by atoms with van der Waals surface area (Å²) in [5, 5.41) is 11.9. The van der Waals surface area contributed by atoms with Crippen LogP contribution < -0.4 is 5.32 Å². The van der Waals surface area contributed by atoms with Crippen LogP contribution in [0.15, 0.2) is 24.8 Å². The molecule has 1 heterocycles. The van der Waals surface area contributed by atoms with E-state index >= 15 is 0 Å². The van der Waals surface area contributed by atoms with E-state index in [1.54, 1.807) is 12.1 Å².